The Morgan fingerprint density at radius 3 is 2.89 bits per heavy atom. The van der Waals surface area contributed by atoms with Gasteiger partial charge in [-0.2, -0.15) is 4.68 Å². The lowest BCUT2D eigenvalue weighted by Crippen LogP contribution is -2.39. The number of carbonyl (C=O) groups excluding carboxylic acids is 2. The van der Waals surface area contributed by atoms with Crippen LogP contribution < -0.4 is 10.6 Å². The minimum absolute atomic E-state index is 0.000587. The molecule has 0 aliphatic carbocycles. The first-order valence-electron chi connectivity index (χ1n) is 8.12. The van der Waals surface area contributed by atoms with Gasteiger partial charge in [0.15, 0.2) is 0 Å². The van der Waals surface area contributed by atoms with E-state index >= 15 is 0 Å². The minimum atomic E-state index is -0.592. The van der Waals surface area contributed by atoms with E-state index in [-0.39, 0.29) is 12.3 Å². The van der Waals surface area contributed by atoms with E-state index < -0.39 is 11.9 Å². The monoisotopic (exact) mass is 386 g/mol. The Kier molecular flexibility index (Phi) is 5.87. The molecule has 2 heterocycles. The Hall–Kier alpha value is -3.14. The molecule has 0 atom stereocenters. The van der Waals surface area contributed by atoms with E-state index in [1.807, 2.05) is 32.0 Å². The highest BCUT2D eigenvalue weighted by Gasteiger charge is 2.14. The molecule has 9 nitrogen and oxygen atoms in total. The third-order valence-corrected chi connectivity index (χ3v) is 4.54. The van der Waals surface area contributed by atoms with Crippen LogP contribution in [0.2, 0.25) is 0 Å². The van der Waals surface area contributed by atoms with Crippen LogP contribution in [0.4, 0.5) is 4.79 Å². The van der Waals surface area contributed by atoms with Gasteiger partial charge < -0.3 is 9.73 Å². The highest BCUT2D eigenvalue weighted by Crippen LogP contribution is 2.21. The number of imide groups is 1. The number of thioether (sulfide) groups is 1. The van der Waals surface area contributed by atoms with Crippen molar-refractivity contribution in [3.8, 4) is 5.69 Å². The van der Waals surface area contributed by atoms with Gasteiger partial charge >= 0.3 is 6.03 Å². The molecule has 0 spiro atoms. The number of rotatable bonds is 6. The number of nitrogens with zero attached hydrogens (tertiary/aromatic N) is 4. The summed E-state index contributed by atoms with van der Waals surface area (Å²) in [4.78, 5) is 23.7. The van der Waals surface area contributed by atoms with Crippen LogP contribution in [0.1, 0.15) is 16.9 Å². The fourth-order valence-corrected chi connectivity index (χ4v) is 2.97. The molecule has 0 fully saturated rings. The van der Waals surface area contributed by atoms with Crippen molar-refractivity contribution in [3.63, 3.8) is 0 Å². The second kappa shape index (κ2) is 8.49. The van der Waals surface area contributed by atoms with E-state index in [9.17, 15) is 9.59 Å². The molecule has 2 N–H and O–H groups in total. The molecule has 0 unspecified atom stereocenters. The number of hydrogen-bond donors (Lipinski definition) is 2. The van der Waals surface area contributed by atoms with Crippen molar-refractivity contribution in [1.82, 2.24) is 30.8 Å². The molecule has 0 bridgehead atoms. The summed E-state index contributed by atoms with van der Waals surface area (Å²) in [5.41, 5.74) is 2.93. The van der Waals surface area contributed by atoms with Gasteiger partial charge in [-0.25, -0.2) is 4.79 Å². The first-order chi connectivity index (χ1) is 13.0. The van der Waals surface area contributed by atoms with Crippen molar-refractivity contribution in [2.45, 2.75) is 25.5 Å². The summed E-state index contributed by atoms with van der Waals surface area (Å²) in [6, 6.07) is 8.81. The van der Waals surface area contributed by atoms with E-state index in [0.29, 0.717) is 10.9 Å². The number of aromatic nitrogens is 4. The van der Waals surface area contributed by atoms with E-state index in [2.05, 4.69) is 26.2 Å². The number of amides is 3. The van der Waals surface area contributed by atoms with Gasteiger partial charge in [-0.15, -0.1) is 5.10 Å². The molecular formula is C17H18N6O3S. The molecule has 0 saturated heterocycles. The Morgan fingerprint density at radius 2 is 2.11 bits per heavy atom. The normalized spacial score (nSPS) is 10.6. The Balaban J connectivity index is 1.54. The van der Waals surface area contributed by atoms with Gasteiger partial charge in [-0.3, -0.25) is 10.1 Å². The average Bonchev–Trinajstić information content (AvgIpc) is 3.32. The number of urea groups is 1. The Morgan fingerprint density at radius 1 is 1.26 bits per heavy atom. The number of hydrogen-bond acceptors (Lipinski definition) is 7. The van der Waals surface area contributed by atoms with Crippen molar-refractivity contribution >= 4 is 23.7 Å². The average molecular weight is 386 g/mol. The maximum atomic E-state index is 12.0. The number of carbonyl (C=O) groups is 2. The van der Waals surface area contributed by atoms with Crippen LogP contribution in [0.3, 0.4) is 0 Å². The Labute approximate surface area is 159 Å². The van der Waals surface area contributed by atoms with Gasteiger partial charge in [0.1, 0.15) is 5.76 Å². The van der Waals surface area contributed by atoms with Crippen molar-refractivity contribution in [2.24, 2.45) is 0 Å². The number of benzene rings is 1. The summed E-state index contributed by atoms with van der Waals surface area (Å²) in [7, 11) is 0. The summed E-state index contributed by atoms with van der Waals surface area (Å²) < 4.78 is 6.68. The van der Waals surface area contributed by atoms with Crippen LogP contribution in [0, 0.1) is 13.8 Å². The highest BCUT2D eigenvalue weighted by atomic mass is 32.2. The molecule has 140 valence electrons. The first kappa shape index (κ1) is 18.6. The SMILES string of the molecule is Cc1ccc(C)c(-n2nnnc2SCC(=O)NC(=O)NCc2ccco2)c1. The largest absolute Gasteiger partial charge is 0.467 e. The molecule has 0 aliphatic rings. The van der Waals surface area contributed by atoms with Gasteiger partial charge in [0, 0.05) is 0 Å². The maximum Gasteiger partial charge on any atom is 0.321 e. The van der Waals surface area contributed by atoms with Crippen molar-refractivity contribution in [1.29, 1.82) is 0 Å². The van der Waals surface area contributed by atoms with Gasteiger partial charge in [-0.05, 0) is 53.6 Å². The van der Waals surface area contributed by atoms with E-state index in [1.54, 1.807) is 16.8 Å². The van der Waals surface area contributed by atoms with Crippen LogP contribution in [0.5, 0.6) is 0 Å². The third-order valence-electron chi connectivity index (χ3n) is 3.62. The molecule has 2 aromatic heterocycles. The summed E-state index contributed by atoms with van der Waals surface area (Å²) in [6.07, 6.45) is 1.51. The fraction of sp³-hybridized carbons (Fsp3) is 0.235. The van der Waals surface area contributed by atoms with Crippen LogP contribution in [0.25, 0.3) is 5.69 Å². The molecule has 0 radical (unpaired) electrons. The van der Waals surface area contributed by atoms with Crippen molar-refractivity contribution in [2.75, 3.05) is 5.75 Å². The zero-order chi connectivity index (χ0) is 19.2. The zero-order valence-corrected chi connectivity index (χ0v) is 15.6. The van der Waals surface area contributed by atoms with Gasteiger partial charge in [0.2, 0.25) is 11.1 Å². The molecule has 3 amide bonds. The number of furan rings is 1. The van der Waals surface area contributed by atoms with Crippen LogP contribution in [0.15, 0.2) is 46.2 Å². The Bertz CT molecular complexity index is 938. The highest BCUT2D eigenvalue weighted by molar-refractivity contribution is 7.99. The van der Waals surface area contributed by atoms with Gasteiger partial charge in [-0.1, -0.05) is 23.9 Å². The van der Waals surface area contributed by atoms with E-state index in [1.165, 1.54) is 6.26 Å². The number of nitrogens with one attached hydrogen (secondary N) is 2. The topological polar surface area (TPSA) is 115 Å². The molecule has 3 rings (SSSR count). The zero-order valence-electron chi connectivity index (χ0n) is 14.8. The first-order valence-corrected chi connectivity index (χ1v) is 9.10. The van der Waals surface area contributed by atoms with Crippen molar-refractivity contribution < 1.29 is 14.0 Å². The molecule has 27 heavy (non-hydrogen) atoms. The quantitative estimate of drug-likeness (QED) is 0.623. The van der Waals surface area contributed by atoms with E-state index in [4.69, 9.17) is 4.42 Å². The lowest BCUT2D eigenvalue weighted by atomic mass is 10.1. The second-order valence-electron chi connectivity index (χ2n) is 5.76. The lowest BCUT2D eigenvalue weighted by molar-refractivity contribution is -0.117. The molecule has 10 heteroatoms. The minimum Gasteiger partial charge on any atom is -0.467 e. The summed E-state index contributed by atoms with van der Waals surface area (Å²) >= 11 is 1.15. The van der Waals surface area contributed by atoms with Gasteiger partial charge in [0.05, 0.1) is 24.2 Å². The molecule has 0 aliphatic heterocycles. The fourth-order valence-electron chi connectivity index (χ4n) is 2.29. The summed E-state index contributed by atoms with van der Waals surface area (Å²) in [6.45, 7) is 4.14. The van der Waals surface area contributed by atoms with Crippen molar-refractivity contribution in [3.05, 3.63) is 53.5 Å². The van der Waals surface area contributed by atoms with Crippen LogP contribution in [-0.2, 0) is 11.3 Å². The number of aryl methyl sites for hydroxylation is 2. The van der Waals surface area contributed by atoms with Crippen LogP contribution in [-0.4, -0.2) is 37.9 Å². The molecule has 1 aromatic carbocycles. The van der Waals surface area contributed by atoms with Crippen LogP contribution >= 0.6 is 11.8 Å². The molecule has 0 saturated carbocycles. The third kappa shape index (κ3) is 4.94. The molecular weight excluding hydrogens is 368 g/mol. The summed E-state index contributed by atoms with van der Waals surface area (Å²) in [5.74, 6) is 0.145. The van der Waals surface area contributed by atoms with Gasteiger partial charge in [0.25, 0.3) is 0 Å². The maximum absolute atomic E-state index is 12.0. The number of tetrazole rings is 1. The second-order valence-corrected chi connectivity index (χ2v) is 6.70. The smallest absolute Gasteiger partial charge is 0.321 e. The lowest BCUT2D eigenvalue weighted by Gasteiger charge is -2.08. The predicted molar refractivity (Wildman–Crippen MR) is 98.4 cm³/mol. The standard InChI is InChI=1S/C17H18N6O3S/c1-11-5-6-12(2)14(8-11)23-17(20-21-22-23)27-10-15(24)19-16(25)18-9-13-4-3-7-26-13/h3-8H,9-10H2,1-2H3,(H2,18,19,24,25). The summed E-state index contributed by atoms with van der Waals surface area (Å²) in [5, 5.41) is 16.9. The molecule has 3 aromatic rings. The predicted octanol–water partition coefficient (Wildman–Crippen LogP) is 1.99. The van der Waals surface area contributed by atoms with E-state index in [0.717, 1.165) is 28.6 Å².